The van der Waals surface area contributed by atoms with Gasteiger partial charge in [0.05, 0.1) is 0 Å². The second kappa shape index (κ2) is 15.6. The van der Waals surface area contributed by atoms with Gasteiger partial charge in [-0.25, -0.2) is 0 Å². The first-order valence-electron chi connectivity index (χ1n) is 18.5. The molecule has 0 bridgehead atoms. The number of nitrogens with zero attached hydrogens (tertiary/aromatic N) is 2. The first kappa shape index (κ1) is 29.1. The van der Waals surface area contributed by atoms with E-state index < -0.39 is 26.5 Å². The minimum Gasteiger partial charge on any atom is -0.305 e. The normalized spacial score (nSPS) is 13.3. The third kappa shape index (κ3) is 8.39. The molecule has 2 heterocycles. The molecule has 0 aliphatic carbocycles. The van der Waals surface area contributed by atoms with E-state index in [1.165, 1.54) is 20.6 Å². The molecule has 0 atom stereocenters. The van der Waals surface area contributed by atoms with Crippen molar-refractivity contribution < 1.29 is 27.0 Å². The fourth-order valence-electron chi connectivity index (χ4n) is 5.59. The van der Waals surface area contributed by atoms with Crippen LogP contribution < -0.4 is 4.40 Å². The second-order valence-electron chi connectivity index (χ2n) is 13.1. The van der Waals surface area contributed by atoms with E-state index in [-0.39, 0.29) is 26.0 Å². The Hall–Kier alpha value is -3.89. The van der Waals surface area contributed by atoms with E-state index in [0.717, 1.165) is 33.5 Å². The third-order valence-electron chi connectivity index (χ3n) is 8.11. The van der Waals surface area contributed by atoms with E-state index in [0.29, 0.717) is 16.7 Å². The minimum absolute atomic E-state index is 0. The molecule has 5 aromatic carbocycles. The van der Waals surface area contributed by atoms with Crippen molar-refractivity contribution in [2.24, 2.45) is 5.92 Å². The Morgan fingerprint density at radius 2 is 1.46 bits per heavy atom. The Morgan fingerprint density at radius 1 is 0.729 bits per heavy atom. The number of aryl methyl sites for hydroxylation is 1. The van der Waals surface area contributed by atoms with Gasteiger partial charge in [0.15, 0.2) is 0 Å². The van der Waals surface area contributed by atoms with Gasteiger partial charge in [-0.15, -0.1) is 29.1 Å². The van der Waals surface area contributed by atoms with Crippen LogP contribution in [-0.2, 0) is 26.5 Å². The monoisotopic (exact) mass is 870 g/mol. The molecule has 0 saturated carbocycles. The van der Waals surface area contributed by atoms with Crippen LogP contribution in [0.4, 0.5) is 0 Å². The average molecular weight is 869 g/mol. The van der Waals surface area contributed by atoms with Crippen LogP contribution in [0.3, 0.4) is 0 Å². The largest absolute Gasteiger partial charge is 0.305 e. The molecule has 4 heteroatoms. The molecule has 0 N–H and O–H groups in total. The van der Waals surface area contributed by atoms with Gasteiger partial charge in [-0.05, 0) is 29.4 Å². The van der Waals surface area contributed by atoms with Crippen molar-refractivity contribution in [1.82, 2.24) is 9.97 Å². The van der Waals surface area contributed by atoms with Crippen LogP contribution in [0.2, 0.25) is 17.3 Å². The van der Waals surface area contributed by atoms with Crippen molar-refractivity contribution in [3.05, 3.63) is 151 Å². The smallest absolute Gasteiger partial charge is 0.0318 e. The van der Waals surface area contributed by atoms with Crippen LogP contribution in [0, 0.1) is 24.9 Å². The summed E-state index contributed by atoms with van der Waals surface area (Å²) in [5.74, 6) is 6.90. The van der Waals surface area contributed by atoms with Crippen LogP contribution in [0.25, 0.3) is 55.2 Å². The van der Waals surface area contributed by atoms with Crippen molar-refractivity contribution in [3.63, 3.8) is 0 Å². The molecule has 1 radical (unpaired) electrons. The number of fused-ring (bicyclic) bond motifs is 3. The fraction of sp³-hybridized carbons (Fsp3) is 0.182. The van der Waals surface area contributed by atoms with Crippen molar-refractivity contribution in [3.8, 4) is 33.6 Å². The molecule has 0 unspecified atom stereocenters. The Morgan fingerprint density at radius 3 is 2.19 bits per heavy atom. The molecule has 0 aliphatic heterocycles. The molecule has 7 rings (SSSR count). The van der Waals surface area contributed by atoms with Crippen LogP contribution in [0.1, 0.15) is 31.8 Å². The molecule has 0 amide bonds. The number of rotatable bonds is 6. The number of hydrogen-bond donors (Lipinski definition) is 0. The van der Waals surface area contributed by atoms with Crippen molar-refractivity contribution in [2.75, 3.05) is 0 Å². The molecular formula is C44H42GeIrN2-2. The Labute approximate surface area is 309 Å². The summed E-state index contributed by atoms with van der Waals surface area (Å²) in [6, 6.07) is 44.0. The van der Waals surface area contributed by atoms with Crippen LogP contribution in [-0.4, -0.2) is 23.2 Å². The predicted octanol–water partition coefficient (Wildman–Crippen LogP) is 11.1. The average Bonchev–Trinajstić information content (AvgIpc) is 3.14. The molecule has 7 aromatic rings. The number of aromatic nitrogens is 2. The van der Waals surface area contributed by atoms with Gasteiger partial charge in [-0.1, -0.05) is 72.6 Å². The zero-order valence-corrected chi connectivity index (χ0v) is 32.4. The summed E-state index contributed by atoms with van der Waals surface area (Å²) in [7, 11) is 0. The molecule has 0 aliphatic rings. The molecule has 2 aromatic heterocycles. The Balaban J connectivity index is 0.000000201. The zero-order valence-electron chi connectivity index (χ0n) is 32.9. The maximum atomic E-state index is 8.33. The van der Waals surface area contributed by atoms with E-state index in [4.69, 9.17) is 6.85 Å². The van der Waals surface area contributed by atoms with Gasteiger partial charge in [0.25, 0.3) is 0 Å². The summed E-state index contributed by atoms with van der Waals surface area (Å²) in [6.45, 7) is 1.61. The van der Waals surface area contributed by atoms with Gasteiger partial charge in [-0.2, -0.15) is 0 Å². The summed E-state index contributed by atoms with van der Waals surface area (Å²) >= 11 is -1.91. The molecule has 48 heavy (non-hydrogen) atoms. The fourth-order valence-corrected chi connectivity index (χ4v) is 7.76. The van der Waals surface area contributed by atoms with E-state index >= 15 is 0 Å². The summed E-state index contributed by atoms with van der Waals surface area (Å²) in [5.41, 5.74) is 5.82. The zero-order chi connectivity index (χ0) is 37.3. The molecule has 0 spiro atoms. The molecule has 0 fully saturated rings. The summed E-state index contributed by atoms with van der Waals surface area (Å²) in [6.07, 6.45) is 2.26. The van der Waals surface area contributed by atoms with Crippen molar-refractivity contribution in [2.45, 2.75) is 44.3 Å². The Kier molecular flexibility index (Phi) is 9.42. The van der Waals surface area contributed by atoms with Crippen LogP contribution >= 0.6 is 0 Å². The second-order valence-corrected chi connectivity index (χ2v) is 23.7. The van der Waals surface area contributed by atoms with Gasteiger partial charge in [-0.3, -0.25) is 0 Å². The standard InChI is InChI=1S/C23H20N.C21H22GeN.Ir/c1-16(2)13-17-11-12-24-23(14-17)20-9-10-22-19(15-20)8-7-18-5-3-4-6-21(18)22;1-16-10-11-18(14-20(16)17-8-6-5-7-9-17)21-13-12-19(15-23-21)22(2,3)4;/h3-8,10-12,14-16H,13H2,1-2H3;5-10,12-15H,1-4H3;/q2*-1;/i13D2;1D3;. The third-order valence-corrected chi connectivity index (χ3v) is 12.4. The minimum atomic E-state index is -2.18. The van der Waals surface area contributed by atoms with E-state index in [1.54, 1.807) is 18.3 Å². The van der Waals surface area contributed by atoms with E-state index in [2.05, 4.69) is 81.8 Å². The van der Waals surface area contributed by atoms with E-state index in [1.807, 2.05) is 80.7 Å². The topological polar surface area (TPSA) is 25.8 Å². The molecular weight excluding hydrogens is 821 g/mol. The first-order chi connectivity index (χ1) is 24.6. The maximum absolute atomic E-state index is 8.33. The number of hydrogen-bond acceptors (Lipinski definition) is 2. The predicted molar refractivity (Wildman–Crippen MR) is 204 cm³/mol. The summed E-state index contributed by atoms with van der Waals surface area (Å²) in [5, 5.41) is 4.73. The molecule has 2 nitrogen and oxygen atoms in total. The van der Waals surface area contributed by atoms with Gasteiger partial charge in [0.1, 0.15) is 0 Å². The van der Waals surface area contributed by atoms with E-state index in [9.17, 15) is 0 Å². The van der Waals surface area contributed by atoms with Crippen LogP contribution in [0.15, 0.2) is 128 Å². The summed E-state index contributed by atoms with van der Waals surface area (Å²) < 4.78 is 41.5. The first-order valence-corrected chi connectivity index (χ1v) is 23.4. The van der Waals surface area contributed by atoms with Gasteiger partial charge in [0.2, 0.25) is 0 Å². The van der Waals surface area contributed by atoms with Crippen LogP contribution in [0.5, 0.6) is 0 Å². The van der Waals surface area contributed by atoms with Crippen molar-refractivity contribution in [1.29, 1.82) is 0 Å². The molecule has 0 saturated heterocycles. The van der Waals surface area contributed by atoms with Gasteiger partial charge < -0.3 is 4.98 Å². The van der Waals surface area contributed by atoms with Gasteiger partial charge >= 0.3 is 146 Å². The Bertz CT molecular complexity index is 2330. The number of pyridine rings is 2. The van der Waals surface area contributed by atoms with Crippen molar-refractivity contribution >= 4 is 39.2 Å². The summed E-state index contributed by atoms with van der Waals surface area (Å²) in [4.78, 5) is 9.07. The SMILES string of the molecule is [2H]C([2H])([2H])c1c[c-]c(-c2cc[c]([Ge]([CH3])([CH3])[CH3])cn2)cc1-c1ccccc1.[2H]C([2H])(c1ccnc(-c2[c-]cc3c(ccc4ccccc43)c2)c1)C(C)C.[Ir]. The van der Waals surface area contributed by atoms with Gasteiger partial charge in [0, 0.05) is 29.0 Å². The molecule has 243 valence electrons. The number of benzene rings is 5. The maximum Gasteiger partial charge on any atom is 0.0318 e. The quantitative estimate of drug-likeness (QED) is 0.0945.